The molecular weight excluding hydrogens is 286 g/mol. The molecule has 0 heterocycles. The van der Waals surface area contributed by atoms with Crippen LogP contribution in [0.15, 0.2) is 60.7 Å². The Morgan fingerprint density at radius 1 is 0.913 bits per heavy atom. The van der Waals surface area contributed by atoms with E-state index in [0.29, 0.717) is 12.8 Å². The first-order valence-corrected chi connectivity index (χ1v) is 7.97. The number of hydrogen-bond acceptors (Lipinski definition) is 3. The highest BCUT2D eigenvalue weighted by Crippen LogP contribution is 2.11. The Morgan fingerprint density at radius 3 is 1.83 bits per heavy atom. The molecule has 0 fully saturated rings. The summed E-state index contributed by atoms with van der Waals surface area (Å²) in [4.78, 5) is 13.2. The number of rotatable bonds is 9. The van der Waals surface area contributed by atoms with E-state index >= 15 is 0 Å². The van der Waals surface area contributed by atoms with Crippen LogP contribution >= 0.6 is 0 Å². The lowest BCUT2D eigenvalue weighted by molar-refractivity contribution is -0.118. The van der Waals surface area contributed by atoms with Gasteiger partial charge >= 0.3 is 0 Å². The molecule has 0 saturated carbocycles. The molecule has 0 aliphatic rings. The SMILES string of the molecule is NC(=O)CCC(N)CN(Cc1ccccc1)Cc1ccccc1. The number of primary amides is 1. The van der Waals surface area contributed by atoms with Crippen LogP contribution in [0.3, 0.4) is 0 Å². The van der Waals surface area contributed by atoms with E-state index in [2.05, 4.69) is 29.2 Å². The zero-order valence-electron chi connectivity index (χ0n) is 13.4. The van der Waals surface area contributed by atoms with Gasteiger partial charge in [0.2, 0.25) is 5.91 Å². The molecule has 2 aromatic rings. The molecule has 2 aromatic carbocycles. The fourth-order valence-electron chi connectivity index (χ4n) is 2.62. The fraction of sp³-hybridized carbons (Fsp3) is 0.316. The molecule has 2 rings (SSSR count). The Morgan fingerprint density at radius 2 is 1.39 bits per heavy atom. The average molecular weight is 311 g/mol. The third-order valence-electron chi connectivity index (χ3n) is 3.75. The van der Waals surface area contributed by atoms with Crippen molar-refractivity contribution in [1.29, 1.82) is 0 Å². The van der Waals surface area contributed by atoms with Crippen molar-refractivity contribution < 1.29 is 4.79 Å². The van der Waals surface area contributed by atoms with Crippen LogP contribution in [0.4, 0.5) is 0 Å². The van der Waals surface area contributed by atoms with Crippen molar-refractivity contribution in [3.05, 3.63) is 71.8 Å². The summed E-state index contributed by atoms with van der Waals surface area (Å²) < 4.78 is 0. The molecule has 23 heavy (non-hydrogen) atoms. The van der Waals surface area contributed by atoms with E-state index in [0.717, 1.165) is 19.6 Å². The Balaban J connectivity index is 2.00. The van der Waals surface area contributed by atoms with Crippen LogP contribution in [-0.4, -0.2) is 23.4 Å². The topological polar surface area (TPSA) is 72.3 Å². The van der Waals surface area contributed by atoms with Crippen LogP contribution in [0.2, 0.25) is 0 Å². The first-order valence-electron chi connectivity index (χ1n) is 7.97. The van der Waals surface area contributed by atoms with Gasteiger partial charge in [-0.05, 0) is 17.5 Å². The lowest BCUT2D eigenvalue weighted by atomic mass is 10.1. The van der Waals surface area contributed by atoms with Crippen LogP contribution in [0, 0.1) is 0 Å². The molecule has 1 amide bonds. The van der Waals surface area contributed by atoms with Gasteiger partial charge in [-0.15, -0.1) is 0 Å². The number of hydrogen-bond donors (Lipinski definition) is 2. The third kappa shape index (κ3) is 6.63. The number of nitrogens with two attached hydrogens (primary N) is 2. The molecule has 1 unspecified atom stereocenters. The van der Waals surface area contributed by atoms with E-state index in [9.17, 15) is 4.79 Å². The van der Waals surface area contributed by atoms with Crippen molar-refractivity contribution in [3.8, 4) is 0 Å². The first-order chi connectivity index (χ1) is 11.1. The van der Waals surface area contributed by atoms with Gasteiger partial charge in [0, 0.05) is 32.1 Å². The van der Waals surface area contributed by atoms with Crippen LogP contribution in [-0.2, 0) is 17.9 Å². The van der Waals surface area contributed by atoms with E-state index in [1.165, 1.54) is 11.1 Å². The summed E-state index contributed by atoms with van der Waals surface area (Å²) in [6.07, 6.45) is 0.959. The zero-order chi connectivity index (χ0) is 16.5. The highest BCUT2D eigenvalue weighted by atomic mass is 16.1. The summed E-state index contributed by atoms with van der Waals surface area (Å²) in [5.41, 5.74) is 13.9. The smallest absolute Gasteiger partial charge is 0.217 e. The lowest BCUT2D eigenvalue weighted by Gasteiger charge is -2.26. The highest BCUT2D eigenvalue weighted by molar-refractivity contribution is 5.73. The minimum absolute atomic E-state index is 0.0603. The Bertz CT molecular complexity index is 545. The molecule has 122 valence electrons. The van der Waals surface area contributed by atoms with Crippen molar-refractivity contribution in [2.75, 3.05) is 6.54 Å². The molecule has 0 aromatic heterocycles. The van der Waals surface area contributed by atoms with Crippen molar-refractivity contribution >= 4 is 5.91 Å². The number of carbonyl (C=O) groups excluding carboxylic acids is 1. The quantitative estimate of drug-likeness (QED) is 0.746. The standard InChI is InChI=1S/C19H25N3O/c20-18(11-12-19(21)23)15-22(13-16-7-3-1-4-8-16)14-17-9-5-2-6-10-17/h1-10,18H,11-15,20H2,(H2,21,23). The van der Waals surface area contributed by atoms with E-state index in [4.69, 9.17) is 11.5 Å². The maximum atomic E-state index is 10.9. The van der Waals surface area contributed by atoms with Crippen molar-refractivity contribution in [3.63, 3.8) is 0 Å². The largest absolute Gasteiger partial charge is 0.370 e. The van der Waals surface area contributed by atoms with Gasteiger partial charge < -0.3 is 11.5 Å². The molecule has 0 aliphatic heterocycles. The molecule has 0 radical (unpaired) electrons. The van der Waals surface area contributed by atoms with E-state index < -0.39 is 0 Å². The molecule has 4 heteroatoms. The summed E-state index contributed by atoms with van der Waals surface area (Å²) in [6, 6.07) is 20.6. The first kappa shape index (κ1) is 17.2. The van der Waals surface area contributed by atoms with Gasteiger partial charge in [0.05, 0.1) is 0 Å². The molecule has 4 N–H and O–H groups in total. The molecule has 0 bridgehead atoms. The predicted molar refractivity (Wildman–Crippen MR) is 93.4 cm³/mol. The summed E-state index contributed by atoms with van der Waals surface area (Å²) >= 11 is 0. The van der Waals surface area contributed by atoms with Crippen molar-refractivity contribution in [2.45, 2.75) is 32.0 Å². The minimum atomic E-state index is -0.293. The fourth-order valence-corrected chi connectivity index (χ4v) is 2.62. The number of nitrogens with zero attached hydrogens (tertiary/aromatic N) is 1. The molecule has 0 aliphatic carbocycles. The summed E-state index contributed by atoms with van der Waals surface area (Å²) in [6.45, 7) is 2.40. The Hall–Kier alpha value is -2.17. The monoisotopic (exact) mass is 311 g/mol. The van der Waals surface area contributed by atoms with Gasteiger partial charge in [-0.1, -0.05) is 60.7 Å². The molecular formula is C19H25N3O. The van der Waals surface area contributed by atoms with Crippen LogP contribution in [0.1, 0.15) is 24.0 Å². The Labute approximate surface area is 138 Å². The second kappa shape index (κ2) is 9.08. The van der Waals surface area contributed by atoms with Crippen LogP contribution in [0.5, 0.6) is 0 Å². The maximum absolute atomic E-state index is 10.9. The summed E-state index contributed by atoms with van der Waals surface area (Å²) in [5, 5.41) is 0. The molecule has 0 spiro atoms. The van der Waals surface area contributed by atoms with Gasteiger partial charge in [0.25, 0.3) is 0 Å². The normalized spacial score (nSPS) is 12.3. The minimum Gasteiger partial charge on any atom is -0.370 e. The predicted octanol–water partition coefficient (Wildman–Crippen LogP) is 2.28. The summed E-state index contributed by atoms with van der Waals surface area (Å²) in [7, 11) is 0. The van der Waals surface area contributed by atoms with Gasteiger partial charge in [-0.25, -0.2) is 0 Å². The van der Waals surface area contributed by atoms with Gasteiger partial charge in [0.1, 0.15) is 0 Å². The number of amides is 1. The van der Waals surface area contributed by atoms with Crippen LogP contribution < -0.4 is 11.5 Å². The maximum Gasteiger partial charge on any atom is 0.217 e. The van der Waals surface area contributed by atoms with E-state index in [1.807, 2.05) is 36.4 Å². The van der Waals surface area contributed by atoms with Crippen molar-refractivity contribution in [1.82, 2.24) is 4.90 Å². The Kier molecular flexibility index (Phi) is 6.78. The second-order valence-electron chi connectivity index (χ2n) is 5.91. The molecule has 4 nitrogen and oxygen atoms in total. The second-order valence-corrected chi connectivity index (χ2v) is 5.91. The molecule has 1 atom stereocenters. The van der Waals surface area contributed by atoms with Gasteiger partial charge in [-0.3, -0.25) is 9.69 Å². The number of benzene rings is 2. The van der Waals surface area contributed by atoms with Gasteiger partial charge in [-0.2, -0.15) is 0 Å². The summed E-state index contributed by atoms with van der Waals surface area (Å²) in [5.74, 6) is -0.293. The lowest BCUT2D eigenvalue weighted by Crippen LogP contribution is -2.37. The average Bonchev–Trinajstić information content (AvgIpc) is 2.55. The van der Waals surface area contributed by atoms with Crippen LogP contribution in [0.25, 0.3) is 0 Å². The zero-order valence-corrected chi connectivity index (χ0v) is 13.4. The molecule has 0 saturated heterocycles. The van der Waals surface area contributed by atoms with Gasteiger partial charge in [0.15, 0.2) is 0 Å². The van der Waals surface area contributed by atoms with E-state index in [1.54, 1.807) is 0 Å². The van der Waals surface area contributed by atoms with Crippen molar-refractivity contribution in [2.24, 2.45) is 11.5 Å². The third-order valence-corrected chi connectivity index (χ3v) is 3.75. The highest BCUT2D eigenvalue weighted by Gasteiger charge is 2.13. The van der Waals surface area contributed by atoms with E-state index in [-0.39, 0.29) is 11.9 Å². The number of carbonyl (C=O) groups is 1.